The minimum Gasteiger partial charge on any atom is -0.110 e. The van der Waals surface area contributed by atoms with Crippen molar-refractivity contribution in [2.45, 2.75) is 55.4 Å². The molecule has 4 saturated carbocycles. The molecule has 0 nitrogen and oxygen atoms in total. The number of rotatable bonds is 4. The Kier molecular flexibility index (Phi) is 3.32. The van der Waals surface area contributed by atoms with E-state index >= 15 is 0 Å². The molecule has 0 atom stereocenters. The molecule has 4 rings (SSSR count). The van der Waals surface area contributed by atoms with Crippen LogP contribution in [0.3, 0.4) is 0 Å². The highest BCUT2D eigenvalue weighted by molar-refractivity contribution is 6.68. The molecule has 0 aromatic heterocycles. The molecule has 0 aliphatic heterocycles. The molecule has 0 aromatic carbocycles. The quantitative estimate of drug-likeness (QED) is 0.539. The second kappa shape index (κ2) is 4.48. The summed E-state index contributed by atoms with van der Waals surface area (Å²) in [6, 6.07) is 1.38. The van der Waals surface area contributed by atoms with Crippen LogP contribution in [-0.4, -0.2) is 14.0 Å². The summed E-state index contributed by atoms with van der Waals surface area (Å²) < 4.78 is -0.00564. The molecule has 0 saturated heterocycles. The Labute approximate surface area is 111 Å². The molecule has 0 aromatic rings. The van der Waals surface area contributed by atoms with Crippen LogP contribution in [0.2, 0.25) is 6.04 Å². The first-order chi connectivity index (χ1) is 7.65. The first kappa shape index (κ1) is 11.9. The highest BCUT2D eigenvalue weighted by Gasteiger charge is 2.50. The van der Waals surface area contributed by atoms with Crippen molar-refractivity contribution in [1.29, 1.82) is 0 Å². The topological polar surface area (TPSA) is 0 Å². The summed E-state index contributed by atoms with van der Waals surface area (Å²) in [5, 5.41) is 0. The van der Waals surface area contributed by atoms with Crippen LogP contribution in [0.15, 0.2) is 0 Å². The highest BCUT2D eigenvalue weighted by atomic mass is 35.5. The number of hydrogen-bond donors (Lipinski definition) is 0. The normalized spacial score (nSPS) is 46.3. The van der Waals surface area contributed by atoms with Crippen molar-refractivity contribution < 1.29 is 0 Å². The Morgan fingerprint density at radius 2 is 1.50 bits per heavy atom. The Hall–Kier alpha value is 0.797. The minimum absolute atomic E-state index is 0.00564. The lowest BCUT2D eigenvalue weighted by molar-refractivity contribution is -0.0544. The van der Waals surface area contributed by atoms with E-state index in [4.69, 9.17) is 23.2 Å². The Morgan fingerprint density at radius 1 is 1.00 bits per heavy atom. The van der Waals surface area contributed by atoms with E-state index in [1.807, 2.05) is 0 Å². The van der Waals surface area contributed by atoms with Crippen molar-refractivity contribution in [3.63, 3.8) is 0 Å². The molecule has 3 heteroatoms. The molecule has 0 spiro atoms. The molecular weight excluding hydrogens is 255 g/mol. The molecule has 4 bridgehead atoms. The van der Waals surface area contributed by atoms with Crippen LogP contribution in [0.4, 0.5) is 0 Å². The molecule has 4 fully saturated rings. The lowest BCUT2D eigenvalue weighted by atomic mass is 9.49. The van der Waals surface area contributed by atoms with Gasteiger partial charge >= 0.3 is 0 Å². The summed E-state index contributed by atoms with van der Waals surface area (Å²) in [5.74, 6) is 3.28. The van der Waals surface area contributed by atoms with Crippen LogP contribution in [0.5, 0.6) is 0 Å². The third-order valence-electron chi connectivity index (χ3n) is 5.29. The van der Waals surface area contributed by atoms with Gasteiger partial charge in [0.2, 0.25) is 0 Å². The summed E-state index contributed by atoms with van der Waals surface area (Å²) in [5.41, 5.74) is 0.754. The number of hydrogen-bond acceptors (Lipinski definition) is 0. The molecule has 0 radical (unpaired) electrons. The maximum absolute atomic E-state index is 5.89. The summed E-state index contributed by atoms with van der Waals surface area (Å²) in [6.07, 6.45) is 10.8. The van der Waals surface area contributed by atoms with E-state index in [0.29, 0.717) is 0 Å². The molecule has 16 heavy (non-hydrogen) atoms. The lowest BCUT2D eigenvalue weighted by Gasteiger charge is -2.57. The first-order valence-corrected chi connectivity index (χ1v) is 9.62. The highest BCUT2D eigenvalue weighted by Crippen LogP contribution is 2.61. The van der Waals surface area contributed by atoms with Gasteiger partial charge in [-0.2, -0.15) is 0 Å². The van der Waals surface area contributed by atoms with Gasteiger partial charge in [0.05, 0.1) is 14.0 Å². The average molecular weight is 277 g/mol. The van der Waals surface area contributed by atoms with Gasteiger partial charge in [-0.3, -0.25) is 0 Å². The average Bonchev–Trinajstić information content (AvgIpc) is 2.13. The fourth-order valence-corrected chi connectivity index (χ4v) is 7.42. The zero-order valence-electron chi connectivity index (χ0n) is 9.93. The third kappa shape index (κ3) is 2.33. The standard InChI is InChI=1S/C13H22Cl2Si/c14-12(15)16-2-1-13-6-9-3-10(7-13)5-11(4-9)8-13/h9-12H,1-8,16H2. The maximum Gasteiger partial charge on any atom is 0.0908 e. The van der Waals surface area contributed by atoms with E-state index in [1.54, 1.807) is 38.5 Å². The molecule has 0 heterocycles. The van der Waals surface area contributed by atoms with E-state index in [9.17, 15) is 0 Å². The van der Waals surface area contributed by atoms with Crippen molar-refractivity contribution in [1.82, 2.24) is 0 Å². The molecular formula is C13H22Cl2Si. The monoisotopic (exact) mass is 276 g/mol. The Bertz CT molecular complexity index is 229. The SMILES string of the molecule is ClC(Cl)[SiH2]CCC12CC3CC(CC(C3)C1)C2. The Balaban J connectivity index is 1.60. The van der Waals surface area contributed by atoms with Crippen LogP contribution in [0.25, 0.3) is 0 Å². The molecule has 0 unspecified atom stereocenters. The van der Waals surface area contributed by atoms with E-state index in [-0.39, 0.29) is 14.0 Å². The minimum atomic E-state index is -0.209. The van der Waals surface area contributed by atoms with Crippen molar-refractivity contribution >= 4 is 32.7 Å². The maximum atomic E-state index is 5.89. The first-order valence-electron chi connectivity index (χ1n) is 6.93. The van der Waals surface area contributed by atoms with Crippen molar-refractivity contribution in [2.24, 2.45) is 23.2 Å². The predicted octanol–water partition coefficient (Wildman–Crippen LogP) is 3.94. The summed E-state index contributed by atoms with van der Waals surface area (Å²) in [7, 11) is -0.209. The van der Waals surface area contributed by atoms with Gasteiger partial charge in [0.1, 0.15) is 0 Å². The van der Waals surface area contributed by atoms with Gasteiger partial charge in [0.25, 0.3) is 0 Å². The van der Waals surface area contributed by atoms with Gasteiger partial charge in [-0.1, -0.05) is 12.5 Å². The fraction of sp³-hybridized carbons (Fsp3) is 1.00. The summed E-state index contributed by atoms with van der Waals surface area (Å²) in [6.45, 7) is 0. The van der Waals surface area contributed by atoms with Gasteiger partial charge in [0, 0.05) is 0 Å². The van der Waals surface area contributed by atoms with Crippen LogP contribution in [0, 0.1) is 23.2 Å². The summed E-state index contributed by atoms with van der Waals surface area (Å²) >= 11 is 11.8. The van der Waals surface area contributed by atoms with Crippen LogP contribution in [0.1, 0.15) is 44.9 Å². The van der Waals surface area contributed by atoms with Crippen LogP contribution in [-0.2, 0) is 0 Å². The van der Waals surface area contributed by atoms with Crippen molar-refractivity contribution in [3.8, 4) is 0 Å². The van der Waals surface area contributed by atoms with E-state index < -0.39 is 0 Å². The summed E-state index contributed by atoms with van der Waals surface area (Å²) in [4.78, 5) is 0. The largest absolute Gasteiger partial charge is 0.110 e. The lowest BCUT2D eigenvalue weighted by Crippen LogP contribution is -2.46. The van der Waals surface area contributed by atoms with Gasteiger partial charge in [-0.05, 0) is 61.7 Å². The number of halogens is 2. The zero-order chi connectivity index (χ0) is 11.2. The van der Waals surface area contributed by atoms with Gasteiger partial charge < -0.3 is 0 Å². The Morgan fingerprint density at radius 3 is 1.94 bits per heavy atom. The zero-order valence-corrected chi connectivity index (χ0v) is 12.9. The third-order valence-corrected chi connectivity index (χ3v) is 7.80. The van der Waals surface area contributed by atoms with Crippen LogP contribution < -0.4 is 0 Å². The fourth-order valence-electron chi connectivity index (χ4n) is 5.23. The van der Waals surface area contributed by atoms with Gasteiger partial charge in [0.15, 0.2) is 0 Å². The van der Waals surface area contributed by atoms with Crippen molar-refractivity contribution in [2.75, 3.05) is 0 Å². The van der Waals surface area contributed by atoms with E-state index in [0.717, 1.165) is 23.2 Å². The van der Waals surface area contributed by atoms with E-state index in [1.165, 1.54) is 12.5 Å². The van der Waals surface area contributed by atoms with Crippen LogP contribution >= 0.6 is 23.2 Å². The second-order valence-corrected chi connectivity index (χ2v) is 11.1. The predicted molar refractivity (Wildman–Crippen MR) is 74.1 cm³/mol. The van der Waals surface area contributed by atoms with E-state index in [2.05, 4.69) is 0 Å². The van der Waals surface area contributed by atoms with Crippen molar-refractivity contribution in [3.05, 3.63) is 0 Å². The smallest absolute Gasteiger partial charge is 0.0908 e. The molecule has 4 aliphatic rings. The van der Waals surface area contributed by atoms with Gasteiger partial charge in [-0.15, -0.1) is 23.2 Å². The number of alkyl halides is 2. The molecule has 0 amide bonds. The second-order valence-electron chi connectivity index (χ2n) is 6.70. The molecule has 92 valence electrons. The molecule has 0 N–H and O–H groups in total. The van der Waals surface area contributed by atoms with Gasteiger partial charge in [-0.25, -0.2) is 0 Å². The molecule has 4 aliphatic carbocycles.